The SMILES string of the molecule is CCCC(=O)[O-].CCCC(=O)[O-].[Na+].[Na+]. The number of carboxylic acids is 2. The van der Waals surface area contributed by atoms with Crippen LogP contribution in [0.15, 0.2) is 0 Å². The van der Waals surface area contributed by atoms with Crippen molar-refractivity contribution >= 4 is 11.9 Å². The molecule has 0 atom stereocenters. The first-order valence-electron chi connectivity index (χ1n) is 3.94. The Morgan fingerprint density at radius 1 is 0.857 bits per heavy atom. The van der Waals surface area contributed by atoms with Gasteiger partial charge in [-0.25, -0.2) is 0 Å². The monoisotopic (exact) mass is 220 g/mol. The maximum absolute atomic E-state index is 9.49. The van der Waals surface area contributed by atoms with Gasteiger partial charge in [-0.15, -0.1) is 0 Å². The van der Waals surface area contributed by atoms with Crippen molar-refractivity contribution in [3.8, 4) is 0 Å². The molecule has 0 rings (SSSR count). The number of aliphatic carboxylic acids is 2. The predicted octanol–water partition coefficient (Wildman–Crippen LogP) is -6.92. The summed E-state index contributed by atoms with van der Waals surface area (Å²) < 4.78 is 0. The molecular formula is C8H14Na2O4. The smallest absolute Gasteiger partial charge is 0.550 e. The zero-order valence-electron chi connectivity index (χ0n) is 9.46. The molecule has 0 unspecified atom stereocenters. The average Bonchev–Trinajstić information content (AvgIpc) is 1.87. The van der Waals surface area contributed by atoms with Crippen LogP contribution in [0.2, 0.25) is 0 Å². The van der Waals surface area contributed by atoms with E-state index in [2.05, 4.69) is 0 Å². The van der Waals surface area contributed by atoms with E-state index >= 15 is 0 Å². The fourth-order valence-corrected chi connectivity index (χ4v) is 0.408. The Balaban J connectivity index is -0.0000000625. The Labute approximate surface area is 129 Å². The quantitative estimate of drug-likeness (QED) is 0.441. The number of hydrogen-bond donors (Lipinski definition) is 0. The third-order valence-electron chi connectivity index (χ3n) is 0.908. The van der Waals surface area contributed by atoms with Crippen LogP contribution in [-0.2, 0) is 9.59 Å². The molecule has 4 nitrogen and oxygen atoms in total. The van der Waals surface area contributed by atoms with Crippen LogP contribution >= 0.6 is 0 Å². The van der Waals surface area contributed by atoms with E-state index in [-0.39, 0.29) is 72.0 Å². The minimum atomic E-state index is -0.961. The van der Waals surface area contributed by atoms with Gasteiger partial charge >= 0.3 is 59.1 Å². The van der Waals surface area contributed by atoms with E-state index in [0.29, 0.717) is 12.8 Å². The minimum absolute atomic E-state index is 0. The summed E-state index contributed by atoms with van der Waals surface area (Å²) in [6.07, 6.45) is 1.70. The summed E-state index contributed by atoms with van der Waals surface area (Å²) in [6, 6.07) is 0. The van der Waals surface area contributed by atoms with E-state index in [1.165, 1.54) is 0 Å². The first kappa shape index (κ1) is 24.3. The van der Waals surface area contributed by atoms with Gasteiger partial charge in [0, 0.05) is 11.9 Å². The van der Waals surface area contributed by atoms with Gasteiger partial charge in [-0.3, -0.25) is 0 Å². The van der Waals surface area contributed by atoms with Crippen LogP contribution in [0.5, 0.6) is 0 Å². The summed E-state index contributed by atoms with van der Waals surface area (Å²) >= 11 is 0. The fraction of sp³-hybridized carbons (Fsp3) is 0.750. The molecule has 0 radical (unpaired) electrons. The normalized spacial score (nSPS) is 7.00. The summed E-state index contributed by atoms with van der Waals surface area (Å²) in [6.45, 7) is 3.60. The van der Waals surface area contributed by atoms with Gasteiger partial charge in [-0.2, -0.15) is 0 Å². The molecule has 0 N–H and O–H groups in total. The van der Waals surface area contributed by atoms with Crippen LogP contribution in [-0.4, -0.2) is 11.9 Å². The van der Waals surface area contributed by atoms with E-state index in [4.69, 9.17) is 0 Å². The first-order chi connectivity index (χ1) is 5.54. The van der Waals surface area contributed by atoms with Crippen molar-refractivity contribution in [2.75, 3.05) is 0 Å². The number of hydrogen-bond acceptors (Lipinski definition) is 4. The summed E-state index contributed by atoms with van der Waals surface area (Å²) in [5, 5.41) is 19.0. The summed E-state index contributed by atoms with van der Waals surface area (Å²) in [7, 11) is 0. The Morgan fingerprint density at radius 3 is 1.07 bits per heavy atom. The number of carbonyl (C=O) groups excluding carboxylic acids is 2. The van der Waals surface area contributed by atoms with Crippen molar-refractivity contribution < 1.29 is 78.9 Å². The van der Waals surface area contributed by atoms with Gasteiger partial charge in [0.2, 0.25) is 0 Å². The largest absolute Gasteiger partial charge is 1.00 e. The molecule has 0 aromatic carbocycles. The molecule has 0 saturated carbocycles. The molecular weight excluding hydrogens is 206 g/mol. The van der Waals surface area contributed by atoms with Crippen molar-refractivity contribution in [3.05, 3.63) is 0 Å². The van der Waals surface area contributed by atoms with Crippen LogP contribution in [0, 0.1) is 0 Å². The van der Waals surface area contributed by atoms with E-state index in [1.54, 1.807) is 13.8 Å². The number of carbonyl (C=O) groups is 2. The molecule has 0 saturated heterocycles. The average molecular weight is 220 g/mol. The second kappa shape index (κ2) is 19.5. The molecule has 6 heteroatoms. The van der Waals surface area contributed by atoms with E-state index < -0.39 is 11.9 Å². The molecule has 14 heavy (non-hydrogen) atoms. The van der Waals surface area contributed by atoms with Gasteiger partial charge in [-0.05, 0) is 12.8 Å². The van der Waals surface area contributed by atoms with Crippen molar-refractivity contribution in [2.45, 2.75) is 39.5 Å². The van der Waals surface area contributed by atoms with Gasteiger partial charge in [0.15, 0.2) is 0 Å². The maximum Gasteiger partial charge on any atom is 1.00 e. The van der Waals surface area contributed by atoms with Crippen molar-refractivity contribution in [2.24, 2.45) is 0 Å². The molecule has 0 bridgehead atoms. The standard InChI is InChI=1S/2C4H8O2.2Na/c2*1-2-3-4(5)6;;/h2*2-3H2,1H3,(H,5,6);;/q;;2*+1/p-2. The molecule has 0 aromatic rings. The molecule has 0 fully saturated rings. The van der Waals surface area contributed by atoms with Gasteiger partial charge in [0.1, 0.15) is 0 Å². The molecule has 0 heterocycles. The topological polar surface area (TPSA) is 80.3 Å². The summed E-state index contributed by atoms with van der Waals surface area (Å²) in [5.41, 5.74) is 0. The summed E-state index contributed by atoms with van der Waals surface area (Å²) in [5.74, 6) is -1.92. The molecule has 0 spiro atoms. The molecule has 0 amide bonds. The second-order valence-electron chi connectivity index (χ2n) is 2.24. The Bertz CT molecular complexity index is 123. The van der Waals surface area contributed by atoms with E-state index in [1.807, 2.05) is 0 Å². The minimum Gasteiger partial charge on any atom is -0.550 e. The molecule has 0 aliphatic carbocycles. The van der Waals surface area contributed by atoms with Crippen molar-refractivity contribution in [1.29, 1.82) is 0 Å². The Hall–Kier alpha value is 0.940. The van der Waals surface area contributed by atoms with Crippen molar-refractivity contribution in [3.63, 3.8) is 0 Å². The third kappa shape index (κ3) is 38.3. The van der Waals surface area contributed by atoms with Gasteiger partial charge in [0.25, 0.3) is 0 Å². The third-order valence-corrected chi connectivity index (χ3v) is 0.908. The molecule has 0 aliphatic heterocycles. The zero-order valence-corrected chi connectivity index (χ0v) is 13.5. The van der Waals surface area contributed by atoms with Gasteiger partial charge < -0.3 is 19.8 Å². The molecule has 72 valence electrons. The fourth-order valence-electron chi connectivity index (χ4n) is 0.408. The predicted molar refractivity (Wildman–Crippen MR) is 39.8 cm³/mol. The van der Waals surface area contributed by atoms with Crippen LogP contribution in [0.4, 0.5) is 0 Å². The van der Waals surface area contributed by atoms with E-state index in [0.717, 1.165) is 0 Å². The van der Waals surface area contributed by atoms with Crippen LogP contribution in [0.1, 0.15) is 39.5 Å². The van der Waals surface area contributed by atoms with Crippen molar-refractivity contribution in [1.82, 2.24) is 0 Å². The van der Waals surface area contributed by atoms with Crippen LogP contribution in [0.25, 0.3) is 0 Å². The van der Waals surface area contributed by atoms with Gasteiger partial charge in [-0.1, -0.05) is 26.7 Å². The van der Waals surface area contributed by atoms with Gasteiger partial charge in [0.05, 0.1) is 0 Å². The second-order valence-corrected chi connectivity index (χ2v) is 2.24. The molecule has 0 aliphatic rings. The number of rotatable bonds is 4. The maximum atomic E-state index is 9.49. The van der Waals surface area contributed by atoms with Crippen LogP contribution < -0.4 is 69.3 Å². The van der Waals surface area contributed by atoms with Crippen LogP contribution in [0.3, 0.4) is 0 Å². The first-order valence-corrected chi connectivity index (χ1v) is 3.94. The Morgan fingerprint density at radius 2 is 1.07 bits per heavy atom. The number of carboxylic acid groups (broad SMARTS) is 2. The Kier molecular flexibility index (Phi) is 33.8. The zero-order chi connectivity index (χ0) is 9.98. The summed E-state index contributed by atoms with van der Waals surface area (Å²) in [4.78, 5) is 19.0. The molecule has 0 aromatic heterocycles. The van der Waals surface area contributed by atoms with E-state index in [9.17, 15) is 19.8 Å².